The van der Waals surface area contributed by atoms with Crippen LogP contribution in [0.2, 0.25) is 0 Å². The molecule has 0 aliphatic heterocycles. The maximum Gasteiger partial charge on any atom is 0.337 e. The number of benzene rings is 1. The van der Waals surface area contributed by atoms with E-state index in [0.717, 1.165) is 5.69 Å². The van der Waals surface area contributed by atoms with Crippen molar-refractivity contribution in [3.05, 3.63) is 74.4 Å². The van der Waals surface area contributed by atoms with Crippen LogP contribution in [0.3, 0.4) is 0 Å². The average Bonchev–Trinajstić information content (AvgIpc) is 2.53. The molecule has 23 heavy (non-hydrogen) atoms. The fraction of sp³-hybridized carbons (Fsp3) is 0.211. The van der Waals surface area contributed by atoms with Crippen molar-refractivity contribution in [1.82, 2.24) is 0 Å². The van der Waals surface area contributed by atoms with Crippen molar-refractivity contribution < 1.29 is 9.90 Å². The first-order chi connectivity index (χ1) is 11.1. The van der Waals surface area contributed by atoms with Crippen LogP contribution < -0.4 is 9.80 Å². The number of nitrogens with zero attached hydrogens (tertiary/aromatic N) is 2. The highest BCUT2D eigenvalue weighted by atomic mass is 16.4. The number of carbonyl (C=O) groups is 1. The van der Waals surface area contributed by atoms with Crippen molar-refractivity contribution in [2.75, 3.05) is 36.0 Å². The van der Waals surface area contributed by atoms with Gasteiger partial charge in [-0.2, -0.15) is 0 Å². The van der Waals surface area contributed by atoms with Gasteiger partial charge in [-0.3, -0.25) is 0 Å². The van der Waals surface area contributed by atoms with Crippen molar-refractivity contribution in [1.29, 1.82) is 0 Å². The van der Waals surface area contributed by atoms with Gasteiger partial charge < -0.3 is 14.9 Å². The van der Waals surface area contributed by atoms with Crippen LogP contribution in [-0.2, 0) is 0 Å². The molecule has 0 aliphatic carbocycles. The molecule has 4 heteroatoms. The Kier molecular flexibility index (Phi) is 7.40. The second-order valence-electron chi connectivity index (χ2n) is 4.94. The number of hydrogen-bond acceptors (Lipinski definition) is 3. The van der Waals surface area contributed by atoms with Crippen LogP contribution >= 0.6 is 0 Å². The first-order valence-corrected chi connectivity index (χ1v) is 7.40. The molecule has 0 unspecified atom stereocenters. The molecule has 4 nitrogen and oxygen atoms in total. The summed E-state index contributed by atoms with van der Waals surface area (Å²) in [6, 6.07) is 5.27. The maximum absolute atomic E-state index is 11.7. The first-order valence-electron chi connectivity index (χ1n) is 7.40. The maximum atomic E-state index is 11.7. The summed E-state index contributed by atoms with van der Waals surface area (Å²) >= 11 is 0. The van der Waals surface area contributed by atoms with Gasteiger partial charge in [-0.15, -0.1) is 26.3 Å². The van der Waals surface area contributed by atoms with Crippen molar-refractivity contribution >= 4 is 17.3 Å². The average molecular weight is 312 g/mol. The molecule has 0 spiro atoms. The molecule has 1 aromatic rings. The summed E-state index contributed by atoms with van der Waals surface area (Å²) in [4.78, 5) is 15.7. The highest BCUT2D eigenvalue weighted by Gasteiger charge is 2.21. The van der Waals surface area contributed by atoms with E-state index in [0.29, 0.717) is 31.9 Å². The van der Waals surface area contributed by atoms with E-state index in [9.17, 15) is 9.90 Å². The highest BCUT2D eigenvalue weighted by Crippen LogP contribution is 2.33. The SMILES string of the molecule is C=CCN(CC=C)c1cccc(C(=O)O)c1N(CC=C)CC=C. The van der Waals surface area contributed by atoms with E-state index < -0.39 is 5.97 Å². The fourth-order valence-corrected chi connectivity index (χ4v) is 2.44. The molecule has 0 aliphatic rings. The second kappa shape index (κ2) is 9.30. The van der Waals surface area contributed by atoms with Crippen LogP contribution in [-0.4, -0.2) is 37.3 Å². The fourth-order valence-electron chi connectivity index (χ4n) is 2.44. The number of carboxylic acids is 1. The Hall–Kier alpha value is -2.75. The lowest BCUT2D eigenvalue weighted by Crippen LogP contribution is -2.30. The predicted molar refractivity (Wildman–Crippen MR) is 98.6 cm³/mol. The number of carboxylic acid groups (broad SMARTS) is 1. The van der Waals surface area contributed by atoms with Gasteiger partial charge in [0.15, 0.2) is 0 Å². The molecule has 1 aromatic carbocycles. The number of rotatable bonds is 11. The van der Waals surface area contributed by atoms with Gasteiger partial charge in [-0.1, -0.05) is 30.4 Å². The molecule has 1 N–H and O–H groups in total. The Morgan fingerprint density at radius 1 is 0.913 bits per heavy atom. The minimum Gasteiger partial charge on any atom is -0.478 e. The van der Waals surface area contributed by atoms with Crippen LogP contribution in [0.25, 0.3) is 0 Å². The van der Waals surface area contributed by atoms with Crippen LogP contribution in [0, 0.1) is 0 Å². The molecule has 0 fully saturated rings. The molecule has 1 rings (SSSR count). The zero-order chi connectivity index (χ0) is 17.2. The Morgan fingerprint density at radius 3 is 1.83 bits per heavy atom. The normalized spacial score (nSPS) is 9.74. The number of aromatic carboxylic acids is 1. The summed E-state index contributed by atoms with van der Waals surface area (Å²) in [5.41, 5.74) is 1.74. The molecule has 0 radical (unpaired) electrons. The topological polar surface area (TPSA) is 43.8 Å². The van der Waals surface area contributed by atoms with E-state index in [2.05, 4.69) is 26.3 Å². The summed E-state index contributed by atoms with van der Waals surface area (Å²) < 4.78 is 0. The highest BCUT2D eigenvalue weighted by molar-refractivity contribution is 5.98. The van der Waals surface area contributed by atoms with Gasteiger partial charge in [0.05, 0.1) is 16.9 Å². The van der Waals surface area contributed by atoms with E-state index in [-0.39, 0.29) is 5.56 Å². The van der Waals surface area contributed by atoms with Crippen molar-refractivity contribution in [3.63, 3.8) is 0 Å². The number of hydrogen-bond donors (Lipinski definition) is 1. The molecule has 0 amide bonds. The van der Waals surface area contributed by atoms with Crippen LogP contribution in [0.1, 0.15) is 10.4 Å². The van der Waals surface area contributed by atoms with Crippen LogP contribution in [0.4, 0.5) is 11.4 Å². The van der Waals surface area contributed by atoms with Gasteiger partial charge in [0, 0.05) is 26.2 Å². The molecule has 0 atom stereocenters. The van der Waals surface area contributed by atoms with Gasteiger partial charge in [-0.25, -0.2) is 4.79 Å². The molecule has 0 saturated heterocycles. The monoisotopic (exact) mass is 312 g/mol. The van der Waals surface area contributed by atoms with Crippen molar-refractivity contribution in [3.8, 4) is 0 Å². The van der Waals surface area contributed by atoms with Gasteiger partial charge in [0.25, 0.3) is 0 Å². The van der Waals surface area contributed by atoms with E-state index in [4.69, 9.17) is 0 Å². The van der Waals surface area contributed by atoms with Gasteiger partial charge in [0.1, 0.15) is 0 Å². The van der Waals surface area contributed by atoms with Crippen molar-refractivity contribution in [2.45, 2.75) is 0 Å². The molecule has 0 saturated carbocycles. The van der Waals surface area contributed by atoms with E-state index >= 15 is 0 Å². The minimum atomic E-state index is -0.961. The summed E-state index contributed by atoms with van der Waals surface area (Å²) in [5, 5.41) is 9.58. The zero-order valence-corrected chi connectivity index (χ0v) is 13.4. The third-order valence-corrected chi connectivity index (χ3v) is 3.30. The van der Waals surface area contributed by atoms with Crippen LogP contribution in [0.5, 0.6) is 0 Å². The lowest BCUT2D eigenvalue weighted by atomic mass is 10.1. The molecule has 0 aromatic heterocycles. The van der Waals surface area contributed by atoms with Crippen LogP contribution in [0.15, 0.2) is 68.8 Å². The lowest BCUT2D eigenvalue weighted by Gasteiger charge is -2.31. The standard InChI is InChI=1S/C19H24N2O2/c1-5-12-20(13-6-2)17-11-9-10-16(19(22)23)18(17)21(14-7-3)15-8-4/h5-11H,1-4,12-15H2,(H,22,23). The largest absolute Gasteiger partial charge is 0.478 e. The quantitative estimate of drug-likeness (QED) is 0.632. The number of para-hydroxylation sites is 1. The van der Waals surface area contributed by atoms with E-state index in [1.165, 1.54) is 0 Å². The summed E-state index contributed by atoms with van der Waals surface area (Å²) in [7, 11) is 0. The third-order valence-electron chi connectivity index (χ3n) is 3.30. The number of anilines is 2. The Balaban J connectivity index is 3.54. The van der Waals surface area contributed by atoms with E-state index in [1.54, 1.807) is 36.4 Å². The predicted octanol–water partition coefficient (Wildman–Crippen LogP) is 3.74. The Labute approximate surface area is 138 Å². The molecule has 122 valence electrons. The summed E-state index contributed by atoms with van der Waals surface area (Å²) in [6.45, 7) is 17.3. The van der Waals surface area contributed by atoms with E-state index in [1.807, 2.05) is 15.9 Å². The molecular formula is C19H24N2O2. The van der Waals surface area contributed by atoms with Gasteiger partial charge in [0.2, 0.25) is 0 Å². The summed E-state index contributed by atoms with van der Waals surface area (Å²) in [5.74, 6) is -0.961. The van der Waals surface area contributed by atoms with Crippen molar-refractivity contribution in [2.24, 2.45) is 0 Å². The summed E-state index contributed by atoms with van der Waals surface area (Å²) in [6.07, 6.45) is 7.06. The first kappa shape index (κ1) is 18.3. The van der Waals surface area contributed by atoms with Gasteiger partial charge in [-0.05, 0) is 12.1 Å². The third kappa shape index (κ3) is 4.61. The van der Waals surface area contributed by atoms with Gasteiger partial charge >= 0.3 is 5.97 Å². The molecule has 0 heterocycles. The molecular weight excluding hydrogens is 288 g/mol. The lowest BCUT2D eigenvalue weighted by molar-refractivity contribution is 0.0697. The Bertz CT molecular complexity index is 573. The zero-order valence-electron chi connectivity index (χ0n) is 13.4. The minimum absolute atomic E-state index is 0.254. The second-order valence-corrected chi connectivity index (χ2v) is 4.94. The Morgan fingerprint density at radius 2 is 1.39 bits per heavy atom. The molecule has 0 bridgehead atoms. The smallest absolute Gasteiger partial charge is 0.337 e.